The second-order valence-corrected chi connectivity index (χ2v) is 3.06. The van der Waals surface area contributed by atoms with Crippen LogP contribution < -0.4 is 0 Å². The first-order chi connectivity index (χ1) is 7.99. The molecule has 1 rings (SSSR count). The summed E-state index contributed by atoms with van der Waals surface area (Å²) in [6, 6.07) is 0.0858. The van der Waals surface area contributed by atoms with Crippen LogP contribution in [0.1, 0.15) is 16.8 Å². The molecule has 0 radical (unpaired) electrons. The normalized spacial score (nSPS) is 10.1. The highest BCUT2D eigenvalue weighted by molar-refractivity contribution is 5.90. The predicted molar refractivity (Wildman–Crippen MR) is 51.4 cm³/mol. The van der Waals surface area contributed by atoms with Gasteiger partial charge in [-0.1, -0.05) is 6.08 Å². The summed E-state index contributed by atoms with van der Waals surface area (Å²) in [5.74, 6) is -8.42. The molecule has 6 heteroatoms. The summed E-state index contributed by atoms with van der Waals surface area (Å²) in [5, 5.41) is 0. The number of rotatable bonds is 4. The maximum atomic E-state index is 13.1. The number of hydrogen-bond donors (Lipinski definition) is 0. The van der Waals surface area contributed by atoms with E-state index in [1.807, 2.05) is 0 Å². The lowest BCUT2D eigenvalue weighted by Gasteiger charge is -2.06. The molecule has 0 saturated heterocycles. The molecule has 0 unspecified atom stereocenters. The van der Waals surface area contributed by atoms with E-state index >= 15 is 0 Å². The summed E-state index contributed by atoms with van der Waals surface area (Å²) in [6.07, 6.45) is 1.70. The monoisotopic (exact) mass is 248 g/mol. The van der Waals surface area contributed by atoms with E-state index < -0.39 is 34.8 Å². The third kappa shape index (κ3) is 2.83. The van der Waals surface area contributed by atoms with Crippen molar-refractivity contribution in [2.75, 3.05) is 6.61 Å². The molecular formula is C11H8F4O2. The van der Waals surface area contributed by atoms with E-state index in [1.165, 1.54) is 6.08 Å². The molecule has 0 aliphatic heterocycles. The molecule has 0 N–H and O–H groups in total. The zero-order chi connectivity index (χ0) is 13.0. The van der Waals surface area contributed by atoms with Crippen LogP contribution in [0.25, 0.3) is 0 Å². The first kappa shape index (κ1) is 13.2. The molecule has 92 valence electrons. The van der Waals surface area contributed by atoms with Gasteiger partial charge < -0.3 is 4.74 Å². The zero-order valence-corrected chi connectivity index (χ0v) is 8.60. The Morgan fingerprint density at radius 3 is 2.47 bits per heavy atom. The Hall–Kier alpha value is -1.85. The van der Waals surface area contributed by atoms with Crippen molar-refractivity contribution < 1.29 is 27.1 Å². The van der Waals surface area contributed by atoms with Crippen molar-refractivity contribution in [3.63, 3.8) is 0 Å². The van der Waals surface area contributed by atoms with Gasteiger partial charge in [-0.15, -0.1) is 6.58 Å². The molecule has 0 aromatic heterocycles. The van der Waals surface area contributed by atoms with Gasteiger partial charge in [0, 0.05) is 6.07 Å². The Morgan fingerprint density at radius 1 is 1.24 bits per heavy atom. The second-order valence-electron chi connectivity index (χ2n) is 3.06. The van der Waals surface area contributed by atoms with Gasteiger partial charge in [0.2, 0.25) is 0 Å². The van der Waals surface area contributed by atoms with Gasteiger partial charge in [0.05, 0.1) is 6.61 Å². The highest BCUT2D eigenvalue weighted by atomic mass is 19.2. The Labute approximate surface area is 94.5 Å². The van der Waals surface area contributed by atoms with E-state index in [-0.39, 0.29) is 19.1 Å². The van der Waals surface area contributed by atoms with Crippen LogP contribution in [0.4, 0.5) is 17.6 Å². The third-order valence-electron chi connectivity index (χ3n) is 1.87. The van der Waals surface area contributed by atoms with Crippen LogP contribution >= 0.6 is 0 Å². The maximum absolute atomic E-state index is 13.1. The summed E-state index contributed by atoms with van der Waals surface area (Å²) >= 11 is 0. The van der Waals surface area contributed by atoms with Crippen molar-refractivity contribution in [3.8, 4) is 0 Å². The summed E-state index contributed by atoms with van der Waals surface area (Å²) in [6.45, 7) is 3.19. The molecule has 0 saturated carbocycles. The maximum Gasteiger partial charge on any atom is 0.344 e. The number of carbonyl (C=O) groups is 1. The van der Waals surface area contributed by atoms with Gasteiger partial charge in [0.25, 0.3) is 0 Å². The minimum atomic E-state index is -1.91. The van der Waals surface area contributed by atoms with Crippen molar-refractivity contribution in [1.82, 2.24) is 0 Å². The van der Waals surface area contributed by atoms with E-state index in [1.54, 1.807) is 0 Å². The van der Waals surface area contributed by atoms with Crippen LogP contribution in [0.15, 0.2) is 18.7 Å². The van der Waals surface area contributed by atoms with Crippen molar-refractivity contribution in [1.29, 1.82) is 0 Å². The summed E-state index contributed by atoms with van der Waals surface area (Å²) in [5.41, 5.74) is -1.24. The van der Waals surface area contributed by atoms with Gasteiger partial charge in [-0.25, -0.2) is 22.4 Å². The van der Waals surface area contributed by atoms with Crippen LogP contribution in [0.5, 0.6) is 0 Å². The molecule has 0 aliphatic carbocycles. The Bertz CT molecular complexity index is 457. The third-order valence-corrected chi connectivity index (χ3v) is 1.87. The van der Waals surface area contributed by atoms with Crippen molar-refractivity contribution in [2.45, 2.75) is 6.42 Å². The molecular weight excluding hydrogens is 240 g/mol. The molecule has 0 bridgehead atoms. The number of hydrogen-bond acceptors (Lipinski definition) is 2. The molecule has 17 heavy (non-hydrogen) atoms. The average Bonchev–Trinajstić information content (AvgIpc) is 2.26. The predicted octanol–water partition coefficient (Wildman–Crippen LogP) is 2.98. The van der Waals surface area contributed by atoms with Gasteiger partial charge >= 0.3 is 5.97 Å². The first-order valence-corrected chi connectivity index (χ1v) is 4.60. The van der Waals surface area contributed by atoms with Gasteiger partial charge in [0.1, 0.15) is 11.4 Å². The van der Waals surface area contributed by atoms with Crippen LogP contribution in [-0.4, -0.2) is 12.6 Å². The molecule has 1 aromatic carbocycles. The van der Waals surface area contributed by atoms with Gasteiger partial charge in [-0.3, -0.25) is 0 Å². The zero-order valence-electron chi connectivity index (χ0n) is 8.60. The molecule has 0 fully saturated rings. The highest BCUT2D eigenvalue weighted by Crippen LogP contribution is 2.19. The fourth-order valence-corrected chi connectivity index (χ4v) is 1.06. The Morgan fingerprint density at radius 2 is 1.88 bits per heavy atom. The molecule has 0 atom stereocenters. The van der Waals surface area contributed by atoms with Crippen LogP contribution in [0.2, 0.25) is 0 Å². The largest absolute Gasteiger partial charge is 0.462 e. The molecule has 1 aromatic rings. The lowest BCUT2D eigenvalue weighted by Crippen LogP contribution is -2.13. The topological polar surface area (TPSA) is 26.3 Å². The quantitative estimate of drug-likeness (QED) is 0.204. The van der Waals surface area contributed by atoms with Gasteiger partial charge in [-0.05, 0) is 6.42 Å². The van der Waals surface area contributed by atoms with Gasteiger partial charge in [-0.2, -0.15) is 0 Å². The van der Waals surface area contributed by atoms with Crippen LogP contribution in [-0.2, 0) is 4.74 Å². The number of ether oxygens (including phenoxy) is 1. The summed E-state index contributed by atoms with van der Waals surface area (Å²) in [7, 11) is 0. The van der Waals surface area contributed by atoms with Crippen molar-refractivity contribution in [3.05, 3.63) is 47.6 Å². The Balaban J connectivity index is 3.01. The van der Waals surface area contributed by atoms with E-state index in [2.05, 4.69) is 11.3 Å². The van der Waals surface area contributed by atoms with E-state index in [9.17, 15) is 22.4 Å². The van der Waals surface area contributed by atoms with E-state index in [0.717, 1.165) is 0 Å². The molecule has 0 amide bonds. The van der Waals surface area contributed by atoms with Gasteiger partial charge in [0.15, 0.2) is 17.5 Å². The highest BCUT2D eigenvalue weighted by Gasteiger charge is 2.25. The van der Waals surface area contributed by atoms with E-state index in [4.69, 9.17) is 0 Å². The second kappa shape index (κ2) is 5.47. The summed E-state index contributed by atoms with van der Waals surface area (Å²) in [4.78, 5) is 11.2. The molecule has 2 nitrogen and oxygen atoms in total. The first-order valence-electron chi connectivity index (χ1n) is 4.60. The SMILES string of the molecule is C=CCCOC(=O)c1c(F)cc(F)c(F)c1F. The number of carbonyl (C=O) groups excluding carboxylic acids is 1. The fourth-order valence-electron chi connectivity index (χ4n) is 1.06. The van der Waals surface area contributed by atoms with Crippen molar-refractivity contribution >= 4 is 5.97 Å². The van der Waals surface area contributed by atoms with Crippen LogP contribution in [0.3, 0.4) is 0 Å². The number of benzene rings is 1. The lowest BCUT2D eigenvalue weighted by atomic mass is 10.2. The smallest absolute Gasteiger partial charge is 0.344 e. The van der Waals surface area contributed by atoms with Crippen molar-refractivity contribution in [2.24, 2.45) is 0 Å². The molecule has 0 heterocycles. The molecule has 0 aliphatic rings. The number of esters is 1. The molecule has 0 spiro atoms. The lowest BCUT2D eigenvalue weighted by molar-refractivity contribution is 0.0499. The fraction of sp³-hybridized carbons (Fsp3) is 0.182. The van der Waals surface area contributed by atoms with E-state index in [0.29, 0.717) is 0 Å². The standard InChI is InChI=1S/C11H8F4O2/c1-2-3-4-17-11(16)8-6(12)5-7(13)9(14)10(8)15/h2,5H,1,3-4H2. The minimum Gasteiger partial charge on any atom is -0.462 e. The summed E-state index contributed by atoms with van der Waals surface area (Å²) < 4.78 is 56.0. The van der Waals surface area contributed by atoms with Crippen LogP contribution in [0, 0.1) is 23.3 Å². The number of halogens is 4. The average molecular weight is 248 g/mol. The Kier molecular flexibility index (Phi) is 4.25. The minimum absolute atomic E-state index is 0.0858.